The molecule has 1 fully saturated rings. The van der Waals surface area contributed by atoms with Crippen LogP contribution in [-0.2, 0) is 10.0 Å². The van der Waals surface area contributed by atoms with Gasteiger partial charge in [-0.3, -0.25) is 4.79 Å². The van der Waals surface area contributed by atoms with Gasteiger partial charge in [-0.1, -0.05) is 0 Å². The second kappa shape index (κ2) is 6.07. The van der Waals surface area contributed by atoms with Gasteiger partial charge in [0.2, 0.25) is 10.0 Å². The molecular formula is C13H20N4O3S. The van der Waals surface area contributed by atoms with Crippen molar-refractivity contribution < 1.29 is 13.2 Å². The molecule has 1 aliphatic rings. The topological polar surface area (TPSA) is 92.3 Å². The number of hydrogen-bond donors (Lipinski definition) is 1. The number of sulfonamides is 1. The molecule has 0 bridgehead atoms. The summed E-state index contributed by atoms with van der Waals surface area (Å²) in [6, 6.07) is 0. The van der Waals surface area contributed by atoms with Crippen LogP contribution < -0.4 is 5.32 Å². The summed E-state index contributed by atoms with van der Waals surface area (Å²) in [4.78, 5) is 20.6. The van der Waals surface area contributed by atoms with Gasteiger partial charge in [0.05, 0.1) is 17.0 Å². The van der Waals surface area contributed by atoms with Crippen LogP contribution in [0.25, 0.3) is 0 Å². The third-order valence-corrected chi connectivity index (χ3v) is 5.22. The van der Waals surface area contributed by atoms with Crippen LogP contribution in [0.2, 0.25) is 0 Å². The van der Waals surface area contributed by atoms with Gasteiger partial charge in [-0.15, -0.1) is 0 Å². The summed E-state index contributed by atoms with van der Waals surface area (Å²) in [6.07, 6.45) is 3.73. The van der Waals surface area contributed by atoms with Crippen LogP contribution in [0.4, 0.5) is 0 Å². The van der Waals surface area contributed by atoms with Crippen molar-refractivity contribution in [1.29, 1.82) is 0 Å². The van der Waals surface area contributed by atoms with E-state index in [1.165, 1.54) is 20.3 Å². The summed E-state index contributed by atoms with van der Waals surface area (Å²) in [6.45, 7) is 1.82. The number of nitrogens with one attached hydrogen (secondary N) is 1. The Bertz CT molecular complexity index is 639. The van der Waals surface area contributed by atoms with Crippen molar-refractivity contribution in [1.82, 2.24) is 19.6 Å². The standard InChI is InChI=1S/C13H20N4O3S/c1-9-11(8-15-12(16-9)10-4-5-10)13(18)14-6-7-21(19,20)17(2)3/h8,10H,4-7H2,1-3H3,(H,14,18). The zero-order valence-electron chi connectivity index (χ0n) is 12.5. The summed E-state index contributed by atoms with van der Waals surface area (Å²) >= 11 is 0. The molecule has 0 spiro atoms. The van der Waals surface area contributed by atoms with Crippen molar-refractivity contribution in [2.24, 2.45) is 0 Å². The van der Waals surface area contributed by atoms with Gasteiger partial charge < -0.3 is 5.32 Å². The number of hydrogen-bond acceptors (Lipinski definition) is 5. The maximum atomic E-state index is 12.0. The van der Waals surface area contributed by atoms with E-state index < -0.39 is 10.0 Å². The van der Waals surface area contributed by atoms with E-state index in [4.69, 9.17) is 0 Å². The number of carbonyl (C=O) groups is 1. The fraction of sp³-hybridized carbons (Fsp3) is 0.615. The highest BCUT2D eigenvalue weighted by molar-refractivity contribution is 7.89. The minimum atomic E-state index is -3.31. The molecule has 1 N–H and O–H groups in total. The van der Waals surface area contributed by atoms with E-state index in [0.717, 1.165) is 23.0 Å². The van der Waals surface area contributed by atoms with E-state index in [2.05, 4.69) is 15.3 Å². The quantitative estimate of drug-likeness (QED) is 0.814. The first kappa shape index (κ1) is 15.8. The Hall–Kier alpha value is -1.54. The summed E-state index contributed by atoms with van der Waals surface area (Å²) in [7, 11) is -0.380. The highest BCUT2D eigenvalue weighted by Gasteiger charge is 2.27. The average Bonchev–Trinajstić information content (AvgIpc) is 3.22. The average molecular weight is 312 g/mol. The third kappa shape index (κ3) is 3.98. The molecule has 21 heavy (non-hydrogen) atoms. The number of carbonyl (C=O) groups excluding carboxylic acids is 1. The van der Waals surface area contributed by atoms with Gasteiger partial charge in [0.25, 0.3) is 5.91 Å². The van der Waals surface area contributed by atoms with Crippen LogP contribution in [0, 0.1) is 6.92 Å². The monoisotopic (exact) mass is 312 g/mol. The third-order valence-electron chi connectivity index (χ3n) is 3.39. The van der Waals surface area contributed by atoms with E-state index in [1.807, 2.05) is 0 Å². The summed E-state index contributed by atoms with van der Waals surface area (Å²) in [5, 5.41) is 2.59. The number of nitrogens with zero attached hydrogens (tertiary/aromatic N) is 3. The zero-order valence-corrected chi connectivity index (χ0v) is 13.3. The lowest BCUT2D eigenvalue weighted by molar-refractivity contribution is 0.0954. The lowest BCUT2D eigenvalue weighted by atomic mass is 10.2. The Kier molecular flexibility index (Phi) is 4.58. The maximum absolute atomic E-state index is 12.0. The molecule has 0 aromatic carbocycles. The van der Waals surface area contributed by atoms with Gasteiger partial charge >= 0.3 is 0 Å². The van der Waals surface area contributed by atoms with E-state index in [0.29, 0.717) is 17.2 Å². The molecule has 0 unspecified atom stereocenters. The Morgan fingerprint density at radius 3 is 2.62 bits per heavy atom. The van der Waals surface area contributed by atoms with Crippen molar-refractivity contribution >= 4 is 15.9 Å². The zero-order chi connectivity index (χ0) is 15.6. The summed E-state index contributed by atoms with van der Waals surface area (Å²) in [5.74, 6) is 0.750. The first-order valence-electron chi connectivity index (χ1n) is 6.83. The van der Waals surface area contributed by atoms with Crippen molar-refractivity contribution in [3.8, 4) is 0 Å². The lowest BCUT2D eigenvalue weighted by Gasteiger charge is -2.12. The molecule has 0 aliphatic heterocycles. The summed E-state index contributed by atoms with van der Waals surface area (Å²) < 4.78 is 24.3. The smallest absolute Gasteiger partial charge is 0.254 e. The van der Waals surface area contributed by atoms with E-state index >= 15 is 0 Å². The largest absolute Gasteiger partial charge is 0.351 e. The fourth-order valence-electron chi connectivity index (χ4n) is 1.82. The van der Waals surface area contributed by atoms with Crippen LogP contribution in [-0.4, -0.2) is 55.0 Å². The Morgan fingerprint density at radius 2 is 2.10 bits per heavy atom. The molecule has 0 saturated heterocycles. The highest BCUT2D eigenvalue weighted by atomic mass is 32.2. The van der Waals surface area contributed by atoms with Crippen molar-refractivity contribution in [3.05, 3.63) is 23.3 Å². The maximum Gasteiger partial charge on any atom is 0.254 e. The number of amides is 1. The van der Waals surface area contributed by atoms with Crippen LogP contribution in [0.5, 0.6) is 0 Å². The van der Waals surface area contributed by atoms with Crippen molar-refractivity contribution in [2.75, 3.05) is 26.4 Å². The predicted molar refractivity (Wildman–Crippen MR) is 78.6 cm³/mol. The molecule has 1 aromatic rings. The van der Waals surface area contributed by atoms with Crippen molar-refractivity contribution in [3.63, 3.8) is 0 Å². The van der Waals surface area contributed by atoms with Gasteiger partial charge in [-0.25, -0.2) is 22.7 Å². The van der Waals surface area contributed by atoms with Crippen LogP contribution in [0.1, 0.15) is 40.6 Å². The van der Waals surface area contributed by atoms with E-state index in [-0.39, 0.29) is 18.2 Å². The molecule has 0 atom stereocenters. The molecule has 1 amide bonds. The Morgan fingerprint density at radius 1 is 1.43 bits per heavy atom. The van der Waals surface area contributed by atoms with E-state index in [1.54, 1.807) is 6.92 Å². The second-order valence-electron chi connectivity index (χ2n) is 5.36. The molecular weight excluding hydrogens is 292 g/mol. The highest BCUT2D eigenvalue weighted by Crippen LogP contribution is 2.37. The molecule has 1 aromatic heterocycles. The van der Waals surface area contributed by atoms with Crippen LogP contribution in [0.15, 0.2) is 6.20 Å². The minimum absolute atomic E-state index is 0.0587. The first-order chi connectivity index (χ1) is 9.81. The van der Waals surface area contributed by atoms with Crippen molar-refractivity contribution in [2.45, 2.75) is 25.7 Å². The molecule has 2 rings (SSSR count). The van der Waals surface area contributed by atoms with E-state index in [9.17, 15) is 13.2 Å². The molecule has 1 heterocycles. The molecule has 1 saturated carbocycles. The summed E-state index contributed by atoms with van der Waals surface area (Å²) in [5.41, 5.74) is 1.02. The SMILES string of the molecule is Cc1nc(C2CC2)ncc1C(=O)NCCS(=O)(=O)N(C)C. The predicted octanol–water partition coefficient (Wildman–Crippen LogP) is 0.284. The number of aryl methyl sites for hydroxylation is 1. The van der Waals surface area contributed by atoms with Gasteiger partial charge in [-0.2, -0.15) is 0 Å². The molecule has 7 nitrogen and oxygen atoms in total. The Labute approximate surface area is 124 Å². The number of aromatic nitrogens is 2. The Balaban J connectivity index is 1.94. The molecule has 8 heteroatoms. The number of rotatable bonds is 6. The molecule has 0 radical (unpaired) electrons. The minimum Gasteiger partial charge on any atom is -0.351 e. The van der Waals surface area contributed by atoms with Crippen LogP contribution in [0.3, 0.4) is 0 Å². The molecule has 1 aliphatic carbocycles. The van der Waals surface area contributed by atoms with Gasteiger partial charge in [0.1, 0.15) is 5.82 Å². The normalized spacial score (nSPS) is 15.2. The lowest BCUT2D eigenvalue weighted by Crippen LogP contribution is -2.34. The fourth-order valence-corrected chi connectivity index (χ4v) is 2.54. The van der Waals surface area contributed by atoms with Gasteiger partial charge in [-0.05, 0) is 19.8 Å². The van der Waals surface area contributed by atoms with Gasteiger partial charge in [0.15, 0.2) is 0 Å². The second-order valence-corrected chi connectivity index (χ2v) is 7.66. The first-order valence-corrected chi connectivity index (χ1v) is 8.44. The van der Waals surface area contributed by atoms with Crippen LogP contribution >= 0.6 is 0 Å². The molecule has 116 valence electrons. The van der Waals surface area contributed by atoms with Gasteiger partial charge in [0, 0.05) is 32.8 Å².